The van der Waals surface area contributed by atoms with Crippen molar-refractivity contribution in [2.45, 2.75) is 31.9 Å². The van der Waals surface area contributed by atoms with Crippen molar-refractivity contribution in [2.24, 2.45) is 10.9 Å². The predicted octanol–water partition coefficient (Wildman–Crippen LogP) is 4.07. The number of aliphatic imine (C=N–C) groups is 1. The maximum absolute atomic E-state index is 13.7. The van der Waals surface area contributed by atoms with Crippen LogP contribution in [-0.4, -0.2) is 51.7 Å². The summed E-state index contributed by atoms with van der Waals surface area (Å²) in [5, 5.41) is 6.88. The topological polar surface area (TPSA) is 48.9 Å². The van der Waals surface area contributed by atoms with Crippen molar-refractivity contribution in [1.29, 1.82) is 0 Å². The van der Waals surface area contributed by atoms with E-state index in [2.05, 4.69) is 51.7 Å². The quantitative estimate of drug-likeness (QED) is 0.518. The third kappa shape index (κ3) is 6.52. The lowest BCUT2D eigenvalue weighted by molar-refractivity contribution is -0.0265. The second kappa shape index (κ2) is 11.3. The highest BCUT2D eigenvalue weighted by molar-refractivity contribution is 5.79. The van der Waals surface area contributed by atoms with Crippen LogP contribution in [0.15, 0.2) is 53.5 Å². The second-order valence-corrected chi connectivity index (χ2v) is 8.47. The third-order valence-electron chi connectivity index (χ3n) is 5.93. The number of aryl methyl sites for hydroxylation is 1. The van der Waals surface area contributed by atoms with Crippen LogP contribution >= 0.6 is 0 Å². The normalized spacial score (nSPS) is 20.5. The Morgan fingerprint density at radius 3 is 2.65 bits per heavy atom. The molecule has 3 unspecified atom stereocenters. The van der Waals surface area contributed by atoms with E-state index in [0.717, 1.165) is 37.5 Å². The number of likely N-dealkylation sites (N-methyl/N-ethyl adjacent to an activating group) is 1. The summed E-state index contributed by atoms with van der Waals surface area (Å²) in [4.78, 5) is 6.47. The molecule has 1 aliphatic heterocycles. The lowest BCUT2D eigenvalue weighted by Gasteiger charge is -2.33. The smallest absolute Gasteiger partial charge is 0.191 e. The average molecular weight is 427 g/mol. The second-order valence-electron chi connectivity index (χ2n) is 8.47. The minimum absolute atomic E-state index is 0.0348. The number of hydrogen-bond donors (Lipinski definition) is 2. The minimum atomic E-state index is -0.216. The molecule has 0 aliphatic carbocycles. The number of nitrogens with one attached hydrogen (secondary N) is 2. The zero-order valence-electron chi connectivity index (χ0n) is 19.1. The largest absolute Gasteiger partial charge is 0.373 e. The highest BCUT2D eigenvalue weighted by atomic mass is 19.1. The molecule has 0 aromatic heterocycles. The van der Waals surface area contributed by atoms with E-state index in [1.807, 2.05) is 20.2 Å². The van der Waals surface area contributed by atoms with Crippen LogP contribution in [0.5, 0.6) is 0 Å². The Balaban J connectivity index is 1.59. The van der Waals surface area contributed by atoms with Crippen molar-refractivity contribution < 1.29 is 9.13 Å². The first kappa shape index (κ1) is 23.2. The molecule has 168 valence electrons. The summed E-state index contributed by atoms with van der Waals surface area (Å²) in [5.41, 5.74) is 3.43. The molecule has 2 N–H and O–H groups in total. The Bertz CT molecular complexity index is 853. The van der Waals surface area contributed by atoms with Gasteiger partial charge in [0.2, 0.25) is 0 Å². The summed E-state index contributed by atoms with van der Waals surface area (Å²) in [5.74, 6) is 0.908. The SMILES string of the molecule is CN=C(NCC1CCCOC1c1ccc(C)cc1)NCC(c1cccc(F)c1)N(C)C. The monoisotopic (exact) mass is 426 g/mol. The number of halogens is 1. The molecule has 3 rings (SSSR count). The molecule has 5 nitrogen and oxygen atoms in total. The fourth-order valence-corrected chi connectivity index (χ4v) is 4.13. The first-order valence-corrected chi connectivity index (χ1v) is 11.0. The van der Waals surface area contributed by atoms with E-state index >= 15 is 0 Å². The molecule has 1 saturated heterocycles. The molecule has 0 amide bonds. The molecule has 1 aliphatic rings. The molecule has 2 aromatic carbocycles. The lowest BCUT2D eigenvalue weighted by atomic mass is 9.89. The predicted molar refractivity (Wildman–Crippen MR) is 125 cm³/mol. The van der Waals surface area contributed by atoms with E-state index in [0.29, 0.717) is 12.5 Å². The molecule has 6 heteroatoms. The van der Waals surface area contributed by atoms with Gasteiger partial charge in [0, 0.05) is 32.7 Å². The molecule has 3 atom stereocenters. The summed E-state index contributed by atoms with van der Waals surface area (Å²) >= 11 is 0. The Hall–Kier alpha value is -2.44. The molecule has 0 radical (unpaired) electrons. The van der Waals surface area contributed by atoms with E-state index in [1.54, 1.807) is 19.2 Å². The van der Waals surface area contributed by atoms with Crippen LogP contribution in [0.1, 0.15) is 41.7 Å². The molecule has 0 bridgehead atoms. The third-order valence-corrected chi connectivity index (χ3v) is 5.93. The number of rotatable bonds is 7. The van der Waals surface area contributed by atoms with Crippen LogP contribution in [0.25, 0.3) is 0 Å². The zero-order chi connectivity index (χ0) is 22.2. The van der Waals surface area contributed by atoms with Gasteiger partial charge in [0.15, 0.2) is 5.96 Å². The highest BCUT2D eigenvalue weighted by Gasteiger charge is 2.27. The molecular weight excluding hydrogens is 391 g/mol. The first-order valence-electron chi connectivity index (χ1n) is 11.0. The summed E-state index contributed by atoms with van der Waals surface area (Å²) < 4.78 is 19.8. The van der Waals surface area contributed by atoms with Gasteiger partial charge in [0.1, 0.15) is 5.82 Å². The lowest BCUT2D eigenvalue weighted by Crippen LogP contribution is -2.44. The van der Waals surface area contributed by atoms with E-state index in [1.165, 1.54) is 17.2 Å². The maximum Gasteiger partial charge on any atom is 0.191 e. The molecule has 2 aromatic rings. The molecule has 0 saturated carbocycles. The molecule has 1 heterocycles. The van der Waals surface area contributed by atoms with Gasteiger partial charge in [0.25, 0.3) is 0 Å². The first-order chi connectivity index (χ1) is 15.0. The fraction of sp³-hybridized carbons (Fsp3) is 0.480. The minimum Gasteiger partial charge on any atom is -0.373 e. The van der Waals surface area contributed by atoms with E-state index < -0.39 is 0 Å². The van der Waals surface area contributed by atoms with Crippen molar-refractivity contribution in [3.05, 3.63) is 71.0 Å². The van der Waals surface area contributed by atoms with Gasteiger partial charge in [-0.15, -0.1) is 0 Å². The Morgan fingerprint density at radius 2 is 1.97 bits per heavy atom. The summed E-state index contributed by atoms with van der Waals surface area (Å²) in [6.07, 6.45) is 2.29. The Morgan fingerprint density at radius 1 is 1.19 bits per heavy atom. The van der Waals surface area contributed by atoms with Crippen molar-refractivity contribution in [3.8, 4) is 0 Å². The Kier molecular flexibility index (Phi) is 8.43. The van der Waals surface area contributed by atoms with Crippen LogP contribution in [0.4, 0.5) is 4.39 Å². The van der Waals surface area contributed by atoms with Crippen LogP contribution in [0.3, 0.4) is 0 Å². The van der Waals surface area contributed by atoms with E-state index in [-0.39, 0.29) is 18.0 Å². The molecule has 31 heavy (non-hydrogen) atoms. The van der Waals surface area contributed by atoms with Crippen molar-refractivity contribution >= 4 is 5.96 Å². The Labute approximate surface area is 185 Å². The van der Waals surface area contributed by atoms with Gasteiger partial charge in [0.05, 0.1) is 12.1 Å². The van der Waals surface area contributed by atoms with Gasteiger partial charge in [-0.3, -0.25) is 4.99 Å². The zero-order valence-corrected chi connectivity index (χ0v) is 19.1. The number of benzene rings is 2. The van der Waals surface area contributed by atoms with Crippen LogP contribution in [0.2, 0.25) is 0 Å². The highest BCUT2D eigenvalue weighted by Crippen LogP contribution is 2.33. The van der Waals surface area contributed by atoms with Gasteiger partial charge in [-0.05, 0) is 57.1 Å². The fourth-order valence-electron chi connectivity index (χ4n) is 4.13. The summed E-state index contributed by atoms with van der Waals surface area (Å²) in [6.45, 7) is 4.31. The molecule has 0 spiro atoms. The molecule has 1 fully saturated rings. The standard InChI is InChI=1S/C25H35FN4O/c1-18-10-12-19(13-11-18)24-21(8-6-14-31-24)16-28-25(27-2)29-17-23(30(3)4)20-7-5-9-22(26)15-20/h5,7,9-13,15,21,23-24H,6,8,14,16-17H2,1-4H3,(H2,27,28,29). The average Bonchev–Trinajstić information content (AvgIpc) is 2.77. The summed E-state index contributed by atoms with van der Waals surface area (Å²) in [6, 6.07) is 15.4. The number of ether oxygens (including phenoxy) is 1. The van der Waals surface area contributed by atoms with Gasteiger partial charge in [-0.1, -0.05) is 42.0 Å². The van der Waals surface area contributed by atoms with Gasteiger partial charge >= 0.3 is 0 Å². The number of nitrogens with zero attached hydrogens (tertiary/aromatic N) is 2. The summed E-state index contributed by atoms with van der Waals surface area (Å²) in [7, 11) is 5.77. The van der Waals surface area contributed by atoms with E-state index in [9.17, 15) is 4.39 Å². The van der Waals surface area contributed by atoms with Gasteiger partial charge < -0.3 is 20.3 Å². The van der Waals surface area contributed by atoms with Crippen LogP contribution < -0.4 is 10.6 Å². The van der Waals surface area contributed by atoms with Gasteiger partial charge in [-0.2, -0.15) is 0 Å². The van der Waals surface area contributed by atoms with E-state index in [4.69, 9.17) is 4.74 Å². The van der Waals surface area contributed by atoms with Crippen LogP contribution in [0, 0.1) is 18.7 Å². The van der Waals surface area contributed by atoms with Gasteiger partial charge in [-0.25, -0.2) is 4.39 Å². The van der Waals surface area contributed by atoms with Crippen molar-refractivity contribution in [2.75, 3.05) is 40.8 Å². The van der Waals surface area contributed by atoms with Crippen LogP contribution in [-0.2, 0) is 4.74 Å². The number of guanidine groups is 1. The van der Waals surface area contributed by atoms with Crippen molar-refractivity contribution in [3.63, 3.8) is 0 Å². The number of hydrogen-bond acceptors (Lipinski definition) is 3. The van der Waals surface area contributed by atoms with Crippen molar-refractivity contribution in [1.82, 2.24) is 15.5 Å². The molecular formula is C25H35FN4O. The maximum atomic E-state index is 13.7.